The van der Waals surface area contributed by atoms with Gasteiger partial charge in [-0.2, -0.15) is 0 Å². The Hall–Kier alpha value is -0.460. The molecule has 0 aliphatic carbocycles. The second-order valence-electron chi connectivity index (χ2n) is 8.32. The Balaban J connectivity index is 3.00. The maximum atomic E-state index is 3.98. The average Bonchev–Trinajstić information content (AvgIpc) is 2.66. The SMILES string of the molecule is C=C(CCCCCCCCCCCCCCCCCCCCCC)NC. The first-order valence-electron chi connectivity index (χ1n) is 12.2. The Kier molecular flexibility index (Phi) is 22.2. The van der Waals surface area contributed by atoms with Crippen molar-refractivity contribution in [3.05, 3.63) is 12.3 Å². The van der Waals surface area contributed by atoms with Crippen LogP contribution in [0.5, 0.6) is 0 Å². The third-order valence-corrected chi connectivity index (χ3v) is 5.69. The summed E-state index contributed by atoms with van der Waals surface area (Å²) in [5.74, 6) is 0. The fourth-order valence-electron chi connectivity index (χ4n) is 3.72. The molecule has 0 aliphatic heterocycles. The molecule has 1 heteroatoms. The van der Waals surface area contributed by atoms with Gasteiger partial charge in [-0.05, 0) is 12.8 Å². The quantitative estimate of drug-likeness (QED) is 0.189. The van der Waals surface area contributed by atoms with Crippen LogP contribution in [0.4, 0.5) is 0 Å². The predicted octanol–water partition coefficient (Wildman–Crippen LogP) is 8.93. The number of nitrogens with one attached hydrogen (secondary N) is 1. The van der Waals surface area contributed by atoms with Gasteiger partial charge in [-0.25, -0.2) is 0 Å². The van der Waals surface area contributed by atoms with E-state index in [4.69, 9.17) is 0 Å². The third-order valence-electron chi connectivity index (χ3n) is 5.69. The van der Waals surface area contributed by atoms with Gasteiger partial charge in [0.15, 0.2) is 0 Å². The van der Waals surface area contributed by atoms with Crippen LogP contribution in [0.25, 0.3) is 0 Å². The molecule has 0 saturated heterocycles. The molecule has 0 saturated carbocycles. The molecule has 0 aliphatic rings. The molecule has 0 amide bonds. The summed E-state index contributed by atoms with van der Waals surface area (Å²) < 4.78 is 0. The van der Waals surface area contributed by atoms with E-state index in [-0.39, 0.29) is 0 Å². The summed E-state index contributed by atoms with van der Waals surface area (Å²) in [6, 6.07) is 0. The summed E-state index contributed by atoms with van der Waals surface area (Å²) in [6.07, 6.45) is 30.1. The first kappa shape index (κ1) is 25.5. The second kappa shape index (κ2) is 22.6. The Morgan fingerprint density at radius 1 is 0.500 bits per heavy atom. The first-order chi connectivity index (χ1) is 12.8. The minimum atomic E-state index is 1.15. The summed E-state index contributed by atoms with van der Waals surface area (Å²) in [5, 5.41) is 3.13. The lowest BCUT2D eigenvalue weighted by Gasteiger charge is -2.05. The highest BCUT2D eigenvalue weighted by molar-refractivity contribution is 4.88. The smallest absolute Gasteiger partial charge is 0.00310 e. The molecule has 26 heavy (non-hydrogen) atoms. The van der Waals surface area contributed by atoms with Gasteiger partial charge >= 0.3 is 0 Å². The Labute approximate surface area is 166 Å². The minimum Gasteiger partial charge on any atom is -0.392 e. The Morgan fingerprint density at radius 2 is 0.769 bits per heavy atom. The van der Waals surface area contributed by atoms with Crippen LogP contribution in [0.15, 0.2) is 12.3 Å². The molecule has 0 radical (unpaired) electrons. The summed E-state index contributed by atoms with van der Waals surface area (Å²) in [6.45, 7) is 6.28. The maximum Gasteiger partial charge on any atom is 0.00310 e. The molecule has 0 atom stereocenters. The highest BCUT2D eigenvalue weighted by Crippen LogP contribution is 2.15. The van der Waals surface area contributed by atoms with E-state index < -0.39 is 0 Å². The number of rotatable bonds is 22. The molecule has 1 nitrogen and oxygen atoms in total. The van der Waals surface area contributed by atoms with E-state index in [0.29, 0.717) is 0 Å². The van der Waals surface area contributed by atoms with E-state index in [1.165, 1.54) is 134 Å². The molecule has 0 aromatic heterocycles. The van der Waals surface area contributed by atoms with Crippen molar-refractivity contribution in [2.45, 2.75) is 142 Å². The van der Waals surface area contributed by atoms with E-state index in [1.54, 1.807) is 0 Å². The summed E-state index contributed by atoms with van der Waals surface area (Å²) in [4.78, 5) is 0. The van der Waals surface area contributed by atoms with Crippen molar-refractivity contribution in [1.29, 1.82) is 0 Å². The lowest BCUT2D eigenvalue weighted by molar-refractivity contribution is 0.521. The van der Waals surface area contributed by atoms with Crippen LogP contribution in [0.2, 0.25) is 0 Å². The molecular formula is C25H51N. The lowest BCUT2D eigenvalue weighted by atomic mass is 10.0. The molecule has 1 N–H and O–H groups in total. The highest BCUT2D eigenvalue weighted by atomic mass is 14.8. The van der Waals surface area contributed by atoms with Crippen LogP contribution in [-0.2, 0) is 0 Å². The van der Waals surface area contributed by atoms with Crippen LogP contribution >= 0.6 is 0 Å². The van der Waals surface area contributed by atoms with Gasteiger partial charge in [0.1, 0.15) is 0 Å². The average molecular weight is 366 g/mol. The van der Waals surface area contributed by atoms with Crippen molar-refractivity contribution in [2.24, 2.45) is 0 Å². The van der Waals surface area contributed by atoms with Crippen molar-refractivity contribution < 1.29 is 0 Å². The van der Waals surface area contributed by atoms with Crippen molar-refractivity contribution in [2.75, 3.05) is 7.05 Å². The van der Waals surface area contributed by atoms with E-state index in [9.17, 15) is 0 Å². The Morgan fingerprint density at radius 3 is 1.04 bits per heavy atom. The molecule has 0 heterocycles. The van der Waals surface area contributed by atoms with Gasteiger partial charge in [-0.3, -0.25) is 0 Å². The third kappa shape index (κ3) is 21.6. The molecule has 0 fully saturated rings. The summed E-state index contributed by atoms with van der Waals surface area (Å²) >= 11 is 0. The van der Waals surface area contributed by atoms with Crippen LogP contribution in [0, 0.1) is 0 Å². The number of hydrogen-bond acceptors (Lipinski definition) is 1. The van der Waals surface area contributed by atoms with Crippen LogP contribution in [0.3, 0.4) is 0 Å². The van der Waals surface area contributed by atoms with E-state index in [2.05, 4.69) is 18.8 Å². The summed E-state index contributed by atoms with van der Waals surface area (Å²) in [5.41, 5.74) is 1.19. The van der Waals surface area contributed by atoms with Crippen molar-refractivity contribution in [1.82, 2.24) is 5.32 Å². The zero-order valence-corrected chi connectivity index (χ0v) is 18.6. The minimum absolute atomic E-state index is 1.15. The van der Waals surface area contributed by atoms with E-state index in [1.807, 2.05) is 7.05 Å². The van der Waals surface area contributed by atoms with E-state index >= 15 is 0 Å². The predicted molar refractivity (Wildman–Crippen MR) is 121 cm³/mol. The van der Waals surface area contributed by atoms with E-state index in [0.717, 1.165) is 6.42 Å². The van der Waals surface area contributed by atoms with Crippen LogP contribution < -0.4 is 5.32 Å². The van der Waals surface area contributed by atoms with Gasteiger partial charge in [0.05, 0.1) is 0 Å². The molecule has 0 bridgehead atoms. The van der Waals surface area contributed by atoms with Crippen molar-refractivity contribution >= 4 is 0 Å². The number of allylic oxidation sites excluding steroid dienone is 1. The van der Waals surface area contributed by atoms with Crippen LogP contribution in [-0.4, -0.2) is 7.05 Å². The largest absolute Gasteiger partial charge is 0.392 e. The lowest BCUT2D eigenvalue weighted by Crippen LogP contribution is -2.03. The molecule has 0 spiro atoms. The van der Waals surface area contributed by atoms with Gasteiger partial charge in [-0.15, -0.1) is 0 Å². The Bertz CT molecular complexity index is 271. The summed E-state index contributed by atoms with van der Waals surface area (Å²) in [7, 11) is 1.97. The molecule has 156 valence electrons. The molecule has 0 rings (SSSR count). The van der Waals surface area contributed by atoms with Crippen molar-refractivity contribution in [3.8, 4) is 0 Å². The molecular weight excluding hydrogens is 314 g/mol. The molecule has 0 aromatic rings. The van der Waals surface area contributed by atoms with Gasteiger partial charge in [0.25, 0.3) is 0 Å². The van der Waals surface area contributed by atoms with Crippen LogP contribution in [0.1, 0.15) is 142 Å². The standard InChI is InChI=1S/C25H51N/c1-4-5-6-7-8-9-10-11-12-13-14-15-16-17-18-19-20-21-22-23-24-25(2)26-3/h26H,2,4-24H2,1,3H3. The fourth-order valence-corrected chi connectivity index (χ4v) is 3.72. The zero-order valence-electron chi connectivity index (χ0n) is 18.6. The van der Waals surface area contributed by atoms with Gasteiger partial charge in [0.2, 0.25) is 0 Å². The first-order valence-corrected chi connectivity index (χ1v) is 12.2. The zero-order chi connectivity index (χ0) is 19.1. The number of unbranched alkanes of at least 4 members (excludes halogenated alkanes) is 19. The van der Waals surface area contributed by atoms with Gasteiger partial charge < -0.3 is 5.32 Å². The normalized spacial score (nSPS) is 11.0. The maximum absolute atomic E-state index is 3.98. The topological polar surface area (TPSA) is 12.0 Å². The number of hydrogen-bond donors (Lipinski definition) is 1. The highest BCUT2D eigenvalue weighted by Gasteiger charge is 1.96. The monoisotopic (exact) mass is 365 g/mol. The van der Waals surface area contributed by atoms with Gasteiger partial charge in [-0.1, -0.05) is 135 Å². The molecule has 0 aromatic carbocycles. The second-order valence-corrected chi connectivity index (χ2v) is 8.32. The van der Waals surface area contributed by atoms with Crippen molar-refractivity contribution in [3.63, 3.8) is 0 Å². The van der Waals surface area contributed by atoms with Gasteiger partial charge in [0, 0.05) is 12.7 Å². The molecule has 0 unspecified atom stereocenters. The fraction of sp³-hybridized carbons (Fsp3) is 0.920.